The molecule has 0 aromatic carbocycles. The number of rotatable bonds is 0. The van der Waals surface area contributed by atoms with Gasteiger partial charge in [0.05, 0.1) is 6.61 Å². The van der Waals surface area contributed by atoms with Crippen LogP contribution in [0.2, 0.25) is 0 Å². The Labute approximate surface area is 47.8 Å². The first-order chi connectivity index (χ1) is 3.80. The number of hydrogen-bond donors (Lipinski definition) is 1. The SMILES string of the molecule is NC1CCCOC1=O. The second kappa shape index (κ2) is 2.13. The first-order valence-corrected chi connectivity index (χ1v) is 2.73. The smallest absolute Gasteiger partial charge is 0.322 e. The van der Waals surface area contributed by atoms with E-state index in [1.54, 1.807) is 0 Å². The fourth-order valence-corrected chi connectivity index (χ4v) is 0.701. The second-order valence-electron chi connectivity index (χ2n) is 1.92. The van der Waals surface area contributed by atoms with Crippen molar-refractivity contribution in [3.8, 4) is 0 Å². The summed E-state index contributed by atoms with van der Waals surface area (Å²) in [7, 11) is 0. The molecule has 1 aliphatic rings. The molecule has 0 amide bonds. The maximum absolute atomic E-state index is 10.4. The quantitative estimate of drug-likeness (QED) is 0.439. The average molecular weight is 115 g/mol. The summed E-state index contributed by atoms with van der Waals surface area (Å²) in [6.45, 7) is 0.548. The summed E-state index contributed by atoms with van der Waals surface area (Å²) in [6, 6.07) is -0.358. The first kappa shape index (κ1) is 5.56. The number of nitrogens with two attached hydrogens (primary N) is 1. The molecule has 2 N–H and O–H groups in total. The maximum Gasteiger partial charge on any atom is 0.322 e. The third-order valence-corrected chi connectivity index (χ3v) is 1.21. The highest BCUT2D eigenvalue weighted by atomic mass is 16.5. The lowest BCUT2D eigenvalue weighted by molar-refractivity contribution is -0.148. The van der Waals surface area contributed by atoms with Crippen molar-refractivity contribution in [2.75, 3.05) is 6.61 Å². The molecule has 0 aromatic heterocycles. The lowest BCUT2D eigenvalue weighted by atomic mass is 10.1. The molecule has 1 atom stereocenters. The number of cyclic esters (lactones) is 1. The van der Waals surface area contributed by atoms with Gasteiger partial charge in [-0.05, 0) is 12.8 Å². The van der Waals surface area contributed by atoms with Gasteiger partial charge in [-0.2, -0.15) is 0 Å². The van der Waals surface area contributed by atoms with Crippen molar-refractivity contribution < 1.29 is 9.53 Å². The van der Waals surface area contributed by atoms with Crippen LogP contribution in [0.4, 0.5) is 0 Å². The molecule has 3 nitrogen and oxygen atoms in total. The lowest BCUT2D eigenvalue weighted by Gasteiger charge is -2.15. The van der Waals surface area contributed by atoms with Crippen LogP contribution in [0, 0.1) is 0 Å². The Morgan fingerprint density at radius 1 is 1.75 bits per heavy atom. The Morgan fingerprint density at radius 2 is 2.50 bits per heavy atom. The van der Waals surface area contributed by atoms with E-state index in [-0.39, 0.29) is 12.0 Å². The van der Waals surface area contributed by atoms with E-state index in [2.05, 4.69) is 4.74 Å². The average Bonchev–Trinajstić information content (AvgIpc) is 1.77. The predicted molar refractivity (Wildman–Crippen MR) is 28.2 cm³/mol. The standard InChI is InChI=1S/C5H9NO2/c6-4-2-1-3-8-5(4)7/h4H,1-3,6H2. The van der Waals surface area contributed by atoms with E-state index in [1.165, 1.54) is 0 Å². The zero-order valence-electron chi connectivity index (χ0n) is 4.59. The normalized spacial score (nSPS) is 29.6. The van der Waals surface area contributed by atoms with Crippen LogP contribution in [0.15, 0.2) is 0 Å². The number of esters is 1. The molecule has 0 radical (unpaired) electrons. The van der Waals surface area contributed by atoms with Gasteiger partial charge >= 0.3 is 5.97 Å². The first-order valence-electron chi connectivity index (χ1n) is 2.73. The molecular formula is C5H9NO2. The molecule has 1 saturated heterocycles. The highest BCUT2D eigenvalue weighted by molar-refractivity contribution is 5.75. The van der Waals surface area contributed by atoms with E-state index in [4.69, 9.17) is 5.73 Å². The van der Waals surface area contributed by atoms with Crippen LogP contribution < -0.4 is 5.73 Å². The second-order valence-corrected chi connectivity index (χ2v) is 1.92. The number of ether oxygens (including phenoxy) is 1. The molecule has 1 heterocycles. The maximum atomic E-state index is 10.4. The molecule has 0 bridgehead atoms. The topological polar surface area (TPSA) is 52.3 Å². The van der Waals surface area contributed by atoms with Crippen molar-refractivity contribution in [1.82, 2.24) is 0 Å². The monoisotopic (exact) mass is 115 g/mol. The summed E-state index contributed by atoms with van der Waals surface area (Å²) >= 11 is 0. The van der Waals surface area contributed by atoms with Crippen molar-refractivity contribution in [3.63, 3.8) is 0 Å². The summed E-state index contributed by atoms with van der Waals surface area (Å²) < 4.78 is 4.63. The summed E-state index contributed by atoms with van der Waals surface area (Å²) in [4.78, 5) is 10.4. The fraction of sp³-hybridized carbons (Fsp3) is 0.800. The molecule has 46 valence electrons. The van der Waals surface area contributed by atoms with Gasteiger partial charge in [-0.15, -0.1) is 0 Å². The minimum absolute atomic E-state index is 0.253. The van der Waals surface area contributed by atoms with E-state index in [1.807, 2.05) is 0 Å². The third kappa shape index (κ3) is 0.980. The third-order valence-electron chi connectivity index (χ3n) is 1.21. The van der Waals surface area contributed by atoms with Crippen molar-refractivity contribution >= 4 is 5.97 Å². The van der Waals surface area contributed by atoms with Crippen LogP contribution in [0.5, 0.6) is 0 Å². The van der Waals surface area contributed by atoms with E-state index in [0.29, 0.717) is 6.61 Å². The zero-order chi connectivity index (χ0) is 5.98. The van der Waals surface area contributed by atoms with E-state index in [9.17, 15) is 4.79 Å². The van der Waals surface area contributed by atoms with Crippen molar-refractivity contribution in [2.24, 2.45) is 5.73 Å². The molecule has 0 saturated carbocycles. The van der Waals surface area contributed by atoms with Gasteiger partial charge in [-0.25, -0.2) is 0 Å². The molecule has 3 heteroatoms. The Bertz CT molecular complexity index is 103. The Kier molecular flexibility index (Phi) is 1.48. The largest absolute Gasteiger partial charge is 0.465 e. The van der Waals surface area contributed by atoms with Gasteiger partial charge in [-0.3, -0.25) is 4.79 Å². The van der Waals surface area contributed by atoms with Crippen molar-refractivity contribution in [1.29, 1.82) is 0 Å². The molecule has 0 spiro atoms. The Morgan fingerprint density at radius 3 is 2.88 bits per heavy atom. The summed E-state index contributed by atoms with van der Waals surface area (Å²) in [5.74, 6) is -0.253. The molecule has 1 unspecified atom stereocenters. The molecule has 1 rings (SSSR count). The minimum atomic E-state index is -0.358. The minimum Gasteiger partial charge on any atom is -0.465 e. The number of hydrogen-bond acceptors (Lipinski definition) is 3. The molecule has 0 aliphatic carbocycles. The summed E-state index contributed by atoms with van der Waals surface area (Å²) in [5.41, 5.74) is 5.30. The van der Waals surface area contributed by atoms with Gasteiger partial charge in [-0.1, -0.05) is 0 Å². The molecule has 1 fully saturated rings. The number of carbonyl (C=O) groups excluding carboxylic acids is 1. The van der Waals surface area contributed by atoms with Crippen molar-refractivity contribution in [3.05, 3.63) is 0 Å². The van der Waals surface area contributed by atoms with Crippen LogP contribution >= 0.6 is 0 Å². The predicted octanol–water partition coefficient (Wildman–Crippen LogP) is -0.349. The van der Waals surface area contributed by atoms with Crippen LogP contribution in [-0.2, 0) is 9.53 Å². The van der Waals surface area contributed by atoms with E-state index >= 15 is 0 Å². The van der Waals surface area contributed by atoms with Crippen LogP contribution in [0.25, 0.3) is 0 Å². The molecule has 1 aliphatic heterocycles. The van der Waals surface area contributed by atoms with Gasteiger partial charge in [0.25, 0.3) is 0 Å². The van der Waals surface area contributed by atoms with E-state index in [0.717, 1.165) is 12.8 Å². The lowest BCUT2D eigenvalue weighted by Crippen LogP contribution is -2.36. The van der Waals surface area contributed by atoms with Gasteiger partial charge in [0, 0.05) is 0 Å². The molecular weight excluding hydrogens is 106 g/mol. The van der Waals surface area contributed by atoms with Gasteiger partial charge in [0.15, 0.2) is 0 Å². The van der Waals surface area contributed by atoms with Crippen LogP contribution in [0.1, 0.15) is 12.8 Å². The van der Waals surface area contributed by atoms with Gasteiger partial charge in [0.2, 0.25) is 0 Å². The fourth-order valence-electron chi connectivity index (χ4n) is 0.701. The summed E-state index contributed by atoms with van der Waals surface area (Å²) in [6.07, 6.45) is 1.69. The van der Waals surface area contributed by atoms with Crippen LogP contribution in [-0.4, -0.2) is 18.6 Å². The Balaban J connectivity index is 2.39. The highest BCUT2D eigenvalue weighted by Crippen LogP contribution is 2.03. The van der Waals surface area contributed by atoms with Gasteiger partial charge < -0.3 is 10.5 Å². The number of carbonyl (C=O) groups is 1. The van der Waals surface area contributed by atoms with Crippen LogP contribution in [0.3, 0.4) is 0 Å². The highest BCUT2D eigenvalue weighted by Gasteiger charge is 2.18. The zero-order valence-corrected chi connectivity index (χ0v) is 4.59. The van der Waals surface area contributed by atoms with Gasteiger partial charge in [0.1, 0.15) is 6.04 Å². The molecule has 0 aromatic rings. The van der Waals surface area contributed by atoms with E-state index < -0.39 is 0 Å². The summed E-state index contributed by atoms with van der Waals surface area (Å²) in [5, 5.41) is 0. The Hall–Kier alpha value is -0.570. The molecule has 8 heavy (non-hydrogen) atoms. The van der Waals surface area contributed by atoms with Crippen molar-refractivity contribution in [2.45, 2.75) is 18.9 Å².